The van der Waals surface area contributed by atoms with Crippen LogP contribution in [0.2, 0.25) is 0 Å². The fraction of sp³-hybridized carbons (Fsp3) is 0.444. The van der Waals surface area contributed by atoms with E-state index in [0.717, 1.165) is 0 Å². The van der Waals surface area contributed by atoms with Crippen LogP contribution in [0.5, 0.6) is 17.2 Å². The van der Waals surface area contributed by atoms with Gasteiger partial charge in [0.25, 0.3) is 0 Å². The third kappa shape index (κ3) is 6.19. The number of amidine groups is 1. The van der Waals surface area contributed by atoms with E-state index in [1.165, 1.54) is 4.90 Å². The number of hydrogen-bond acceptors (Lipinski definition) is 8. The van der Waals surface area contributed by atoms with Gasteiger partial charge in [-0.15, -0.1) is 0 Å². The number of esters is 1. The Morgan fingerprint density at radius 3 is 2.38 bits per heavy atom. The van der Waals surface area contributed by atoms with Crippen molar-refractivity contribution >= 4 is 17.6 Å². The van der Waals surface area contributed by atoms with Gasteiger partial charge in [-0.2, -0.15) is 0 Å². The highest BCUT2D eigenvalue weighted by atomic mass is 19.1. The van der Waals surface area contributed by atoms with E-state index in [0.29, 0.717) is 29.0 Å². The van der Waals surface area contributed by atoms with Crippen LogP contribution in [-0.4, -0.2) is 55.5 Å². The van der Waals surface area contributed by atoms with Crippen LogP contribution in [0, 0.1) is 11.2 Å². The molecule has 0 spiro atoms. The Balaban J connectivity index is 1.83. The molecule has 0 bridgehead atoms. The van der Waals surface area contributed by atoms with Crippen molar-refractivity contribution in [2.45, 2.75) is 46.7 Å². The summed E-state index contributed by atoms with van der Waals surface area (Å²) in [6.07, 6.45) is 0. The molecule has 1 aliphatic rings. The molecule has 0 amide bonds. The molecule has 2 aromatic rings. The summed E-state index contributed by atoms with van der Waals surface area (Å²) < 4.78 is 36.8. The summed E-state index contributed by atoms with van der Waals surface area (Å²) in [4.78, 5) is 26.4. The Morgan fingerprint density at radius 1 is 1.05 bits per heavy atom. The maximum absolute atomic E-state index is 15.3. The van der Waals surface area contributed by atoms with Gasteiger partial charge in [-0.05, 0) is 64.4 Å². The van der Waals surface area contributed by atoms with Crippen molar-refractivity contribution in [1.29, 1.82) is 5.41 Å². The van der Waals surface area contributed by atoms with Gasteiger partial charge in [0.05, 0.1) is 31.9 Å². The van der Waals surface area contributed by atoms with Gasteiger partial charge in [0.1, 0.15) is 11.6 Å². The summed E-state index contributed by atoms with van der Waals surface area (Å²) in [5.41, 5.74) is 6.99. The maximum atomic E-state index is 15.3. The summed E-state index contributed by atoms with van der Waals surface area (Å²) in [7, 11) is 0. The molecule has 0 radical (unpaired) electrons. The molecule has 0 aliphatic carbocycles. The van der Waals surface area contributed by atoms with E-state index >= 15 is 4.39 Å². The van der Waals surface area contributed by atoms with E-state index in [1.807, 2.05) is 0 Å². The fourth-order valence-corrected chi connectivity index (χ4v) is 4.10. The SMILES string of the molecule is CCOC(=O)COc1ccc(C(=O)CN2Cc3cc(OCC)c(OCC)c(F)c3C2=N)cc1C(C)(C)N. The minimum Gasteiger partial charge on any atom is -0.490 e. The first-order valence-corrected chi connectivity index (χ1v) is 12.2. The lowest BCUT2D eigenvalue weighted by Gasteiger charge is -2.24. The Hall–Kier alpha value is -3.66. The molecule has 2 aromatic carbocycles. The van der Waals surface area contributed by atoms with E-state index in [-0.39, 0.29) is 61.6 Å². The molecule has 1 heterocycles. The number of ether oxygens (including phenoxy) is 4. The van der Waals surface area contributed by atoms with Crippen molar-refractivity contribution in [2.24, 2.45) is 5.73 Å². The minimum atomic E-state index is -0.870. The Labute approximate surface area is 216 Å². The average Bonchev–Trinajstić information content (AvgIpc) is 3.14. The summed E-state index contributed by atoms with van der Waals surface area (Å²) in [5, 5.41) is 8.54. The molecule has 10 heteroatoms. The first-order chi connectivity index (χ1) is 17.5. The molecular formula is C27H34FN3O6. The topological polar surface area (TPSA) is 124 Å². The highest BCUT2D eigenvalue weighted by Crippen LogP contribution is 2.39. The van der Waals surface area contributed by atoms with E-state index in [9.17, 15) is 9.59 Å². The molecular weight excluding hydrogens is 481 g/mol. The molecule has 0 aromatic heterocycles. The van der Waals surface area contributed by atoms with Crippen molar-refractivity contribution in [1.82, 2.24) is 4.90 Å². The average molecular weight is 516 g/mol. The summed E-state index contributed by atoms with van der Waals surface area (Å²) in [5.74, 6) is -0.952. The largest absolute Gasteiger partial charge is 0.490 e. The van der Waals surface area contributed by atoms with Crippen LogP contribution < -0.4 is 19.9 Å². The zero-order valence-electron chi connectivity index (χ0n) is 21.9. The van der Waals surface area contributed by atoms with Crippen molar-refractivity contribution in [3.05, 3.63) is 52.3 Å². The van der Waals surface area contributed by atoms with Crippen molar-refractivity contribution in [2.75, 3.05) is 33.0 Å². The molecule has 0 fully saturated rings. The van der Waals surface area contributed by atoms with Crippen molar-refractivity contribution in [3.63, 3.8) is 0 Å². The first-order valence-electron chi connectivity index (χ1n) is 12.2. The first kappa shape index (κ1) is 27.9. The Morgan fingerprint density at radius 2 is 1.76 bits per heavy atom. The van der Waals surface area contributed by atoms with E-state index in [1.54, 1.807) is 58.9 Å². The molecule has 37 heavy (non-hydrogen) atoms. The van der Waals surface area contributed by atoms with Gasteiger partial charge >= 0.3 is 5.97 Å². The Bertz CT molecular complexity index is 1190. The lowest BCUT2D eigenvalue weighted by atomic mass is 9.92. The quantitative estimate of drug-likeness (QED) is 0.323. The lowest BCUT2D eigenvalue weighted by Crippen LogP contribution is -2.32. The number of fused-ring (bicyclic) bond motifs is 1. The van der Waals surface area contributed by atoms with Gasteiger partial charge in [-0.25, -0.2) is 9.18 Å². The number of Topliss-reactive ketones (excluding diaryl/α,β-unsaturated/α-hetero) is 1. The number of benzene rings is 2. The number of nitrogens with zero attached hydrogens (tertiary/aromatic N) is 1. The van der Waals surface area contributed by atoms with Crippen LogP contribution >= 0.6 is 0 Å². The predicted octanol–water partition coefficient (Wildman–Crippen LogP) is 3.78. The number of carbonyl (C=O) groups excluding carboxylic acids is 2. The van der Waals surface area contributed by atoms with E-state index in [4.69, 9.17) is 30.1 Å². The van der Waals surface area contributed by atoms with Gasteiger partial charge < -0.3 is 29.6 Å². The number of ketones is 1. The fourth-order valence-electron chi connectivity index (χ4n) is 4.10. The van der Waals surface area contributed by atoms with E-state index < -0.39 is 17.3 Å². The van der Waals surface area contributed by atoms with Gasteiger partial charge in [-0.1, -0.05) is 0 Å². The van der Waals surface area contributed by atoms with Crippen LogP contribution in [0.15, 0.2) is 24.3 Å². The van der Waals surface area contributed by atoms with Crippen LogP contribution in [-0.2, 0) is 21.6 Å². The number of nitrogens with one attached hydrogen (secondary N) is 1. The van der Waals surface area contributed by atoms with Gasteiger partial charge in [-0.3, -0.25) is 10.2 Å². The smallest absolute Gasteiger partial charge is 0.344 e. The second kappa shape index (κ2) is 11.6. The van der Waals surface area contributed by atoms with Crippen LogP contribution in [0.25, 0.3) is 0 Å². The second-order valence-corrected chi connectivity index (χ2v) is 9.07. The zero-order chi connectivity index (χ0) is 27.3. The molecule has 9 nitrogen and oxygen atoms in total. The summed E-state index contributed by atoms with van der Waals surface area (Å²) in [6, 6.07) is 6.45. The Kier molecular flexibility index (Phi) is 8.75. The highest BCUT2D eigenvalue weighted by Gasteiger charge is 2.33. The number of halogens is 1. The van der Waals surface area contributed by atoms with Crippen molar-refractivity contribution in [3.8, 4) is 17.2 Å². The third-order valence-corrected chi connectivity index (χ3v) is 5.75. The van der Waals surface area contributed by atoms with Crippen LogP contribution in [0.3, 0.4) is 0 Å². The molecule has 3 N–H and O–H groups in total. The molecule has 1 aliphatic heterocycles. The van der Waals surface area contributed by atoms with Crippen LogP contribution in [0.4, 0.5) is 4.39 Å². The van der Waals surface area contributed by atoms with Gasteiger partial charge in [0, 0.05) is 23.2 Å². The van der Waals surface area contributed by atoms with Gasteiger partial charge in [0.2, 0.25) is 0 Å². The zero-order valence-corrected chi connectivity index (χ0v) is 21.9. The molecule has 0 saturated heterocycles. The lowest BCUT2D eigenvalue weighted by molar-refractivity contribution is -0.145. The molecule has 3 rings (SSSR count). The van der Waals surface area contributed by atoms with E-state index in [2.05, 4.69) is 0 Å². The normalized spacial score (nSPS) is 12.8. The second-order valence-electron chi connectivity index (χ2n) is 9.07. The molecule has 0 atom stereocenters. The number of nitrogens with two attached hydrogens (primary N) is 1. The highest BCUT2D eigenvalue weighted by molar-refractivity contribution is 6.06. The summed E-state index contributed by atoms with van der Waals surface area (Å²) in [6.45, 7) is 9.31. The number of hydrogen-bond donors (Lipinski definition) is 2. The maximum Gasteiger partial charge on any atom is 0.344 e. The number of rotatable bonds is 12. The number of carbonyl (C=O) groups is 2. The molecule has 0 unspecified atom stereocenters. The molecule has 200 valence electrons. The van der Waals surface area contributed by atoms with Crippen LogP contribution in [0.1, 0.15) is 61.7 Å². The van der Waals surface area contributed by atoms with Crippen molar-refractivity contribution < 1.29 is 32.9 Å². The molecule has 0 saturated carbocycles. The monoisotopic (exact) mass is 515 g/mol. The van der Waals surface area contributed by atoms with Gasteiger partial charge in [0.15, 0.2) is 29.7 Å². The standard InChI is InChI=1S/C27H34FN3O6/c1-6-34-21-12-17-13-31(26(29)23(17)24(28)25(21)36-8-3)14-19(32)16-9-10-20(18(11-16)27(4,5)30)37-15-22(33)35-7-2/h9-12,29H,6-8,13-15,30H2,1-5H3. The summed E-state index contributed by atoms with van der Waals surface area (Å²) >= 11 is 0. The minimum absolute atomic E-state index is 0.0331. The predicted molar refractivity (Wildman–Crippen MR) is 136 cm³/mol. The third-order valence-electron chi connectivity index (χ3n) is 5.75.